The fraction of sp³-hybridized carbons (Fsp3) is 0.487. The number of aromatic nitrogens is 1. The van der Waals surface area contributed by atoms with Crippen molar-refractivity contribution in [3.05, 3.63) is 75.4 Å². The predicted octanol–water partition coefficient (Wildman–Crippen LogP) is 7.25. The monoisotopic (exact) mass is 700 g/mol. The second-order valence-corrected chi connectivity index (χ2v) is 15.4. The Balaban J connectivity index is 1.33. The summed E-state index contributed by atoms with van der Waals surface area (Å²) in [4.78, 5) is 72.5. The summed E-state index contributed by atoms with van der Waals surface area (Å²) < 4.78 is 4.93. The second-order valence-electron chi connectivity index (χ2n) is 14.3. The topological polar surface area (TPSA) is 135 Å². The van der Waals surface area contributed by atoms with Crippen LogP contribution in [0, 0.1) is 5.41 Å². The largest absolute Gasteiger partial charge is 0.469 e. The maximum Gasteiger partial charge on any atom is 0.311 e. The Bertz CT molecular complexity index is 1780. The minimum Gasteiger partial charge on any atom is -0.469 e. The first kappa shape index (κ1) is 36.9. The molecule has 0 aliphatic heterocycles. The van der Waals surface area contributed by atoms with Crippen molar-refractivity contribution in [1.82, 2.24) is 9.88 Å². The molecule has 11 heteroatoms. The van der Waals surface area contributed by atoms with E-state index in [0.717, 1.165) is 54.5 Å². The number of hydrogen-bond acceptors (Lipinski definition) is 8. The van der Waals surface area contributed by atoms with Gasteiger partial charge in [0.1, 0.15) is 10.8 Å². The minimum atomic E-state index is -0.781. The molecular weight excluding hydrogens is 653 g/mol. The molecule has 1 saturated carbocycles. The number of esters is 1. The van der Waals surface area contributed by atoms with Crippen LogP contribution in [-0.4, -0.2) is 52.5 Å². The molecule has 2 aliphatic rings. The molecule has 2 aromatic heterocycles. The number of amides is 3. The molecule has 10 nitrogen and oxygen atoms in total. The first-order valence-corrected chi connectivity index (χ1v) is 18.4. The number of hydrogen-bond donors (Lipinski definition) is 2. The van der Waals surface area contributed by atoms with Crippen LogP contribution in [0.25, 0.3) is 0 Å². The number of anilines is 2. The summed E-state index contributed by atoms with van der Waals surface area (Å²) in [5.41, 5.74) is 2.57. The number of benzene rings is 1. The average molecular weight is 701 g/mol. The van der Waals surface area contributed by atoms with E-state index in [0.29, 0.717) is 46.9 Å². The molecule has 1 atom stereocenters. The first-order valence-electron chi connectivity index (χ1n) is 17.5. The normalized spacial score (nSPS) is 16.8. The zero-order valence-corrected chi connectivity index (χ0v) is 30.8. The summed E-state index contributed by atoms with van der Waals surface area (Å²) in [7, 11) is 1.35. The summed E-state index contributed by atoms with van der Waals surface area (Å²) in [5.74, 6) is -0.894. The molecule has 1 fully saturated rings. The molecule has 0 bridgehead atoms. The zero-order chi connectivity index (χ0) is 36.2. The summed E-state index contributed by atoms with van der Waals surface area (Å²) in [6, 6.07) is 10.8. The highest BCUT2D eigenvalue weighted by atomic mass is 32.1. The van der Waals surface area contributed by atoms with E-state index < -0.39 is 10.8 Å². The van der Waals surface area contributed by atoms with Gasteiger partial charge < -0.3 is 20.3 Å². The molecule has 3 amide bonds. The van der Waals surface area contributed by atoms with Crippen LogP contribution in [0.1, 0.15) is 122 Å². The quantitative estimate of drug-likeness (QED) is 0.169. The Morgan fingerprint density at radius 3 is 2.40 bits per heavy atom. The molecule has 2 heterocycles. The highest BCUT2D eigenvalue weighted by Gasteiger charge is 2.51. The average Bonchev–Trinajstić information content (AvgIpc) is 3.56. The second kappa shape index (κ2) is 15.2. The number of ether oxygens (including phenoxy) is 1. The van der Waals surface area contributed by atoms with Gasteiger partial charge in [0, 0.05) is 35.9 Å². The third-order valence-corrected chi connectivity index (χ3v) is 11.4. The lowest BCUT2D eigenvalue weighted by Crippen LogP contribution is -2.40. The maximum atomic E-state index is 13.8. The maximum absolute atomic E-state index is 13.8. The van der Waals surface area contributed by atoms with Crippen molar-refractivity contribution in [3.63, 3.8) is 0 Å². The molecule has 1 unspecified atom stereocenters. The molecule has 2 aliphatic carbocycles. The molecule has 5 rings (SSSR count). The fourth-order valence-corrected chi connectivity index (χ4v) is 7.95. The summed E-state index contributed by atoms with van der Waals surface area (Å²) in [5, 5.41) is 6.50. The predicted molar refractivity (Wildman–Crippen MR) is 194 cm³/mol. The van der Waals surface area contributed by atoms with E-state index in [9.17, 15) is 24.0 Å². The lowest BCUT2D eigenvalue weighted by atomic mass is 9.87. The van der Waals surface area contributed by atoms with Crippen molar-refractivity contribution in [2.75, 3.05) is 17.7 Å². The van der Waals surface area contributed by atoms with Crippen LogP contribution < -0.4 is 10.6 Å². The van der Waals surface area contributed by atoms with Crippen molar-refractivity contribution >= 4 is 51.5 Å². The number of carbonyl (C=O) groups is 5. The Hall–Kier alpha value is -4.38. The van der Waals surface area contributed by atoms with E-state index in [1.54, 1.807) is 50.4 Å². The SMILES string of the molecule is CCC(CC)N(Cc1cccc(C(=O)Nc2sc3c(c2C(=O)Nc2ccc(C4(C)CC4=O)nc2)CCCC3)c1)C(=O)CCC(C)(C)C(=O)OC. The van der Waals surface area contributed by atoms with Crippen molar-refractivity contribution in [1.29, 1.82) is 0 Å². The number of pyridine rings is 1. The molecule has 266 valence electrons. The van der Waals surface area contributed by atoms with Gasteiger partial charge >= 0.3 is 5.97 Å². The molecule has 50 heavy (non-hydrogen) atoms. The van der Waals surface area contributed by atoms with E-state index in [1.165, 1.54) is 18.4 Å². The van der Waals surface area contributed by atoms with Gasteiger partial charge in [-0.15, -0.1) is 11.3 Å². The fourth-order valence-electron chi connectivity index (χ4n) is 6.67. The zero-order valence-electron chi connectivity index (χ0n) is 29.9. The molecule has 0 saturated heterocycles. The molecule has 0 radical (unpaired) electrons. The van der Waals surface area contributed by atoms with E-state index in [-0.39, 0.29) is 41.9 Å². The van der Waals surface area contributed by atoms with Gasteiger partial charge in [0.05, 0.1) is 41.1 Å². The van der Waals surface area contributed by atoms with Crippen molar-refractivity contribution in [2.45, 2.75) is 110 Å². The third-order valence-electron chi connectivity index (χ3n) is 10.2. The van der Waals surface area contributed by atoms with E-state index >= 15 is 0 Å². The smallest absolute Gasteiger partial charge is 0.311 e. The van der Waals surface area contributed by atoms with Crippen LogP contribution in [0.5, 0.6) is 0 Å². The van der Waals surface area contributed by atoms with Gasteiger partial charge in [-0.05, 0) is 101 Å². The van der Waals surface area contributed by atoms with Gasteiger partial charge in [-0.25, -0.2) is 0 Å². The number of carbonyl (C=O) groups excluding carboxylic acids is 5. The van der Waals surface area contributed by atoms with Gasteiger partial charge in [-0.1, -0.05) is 26.0 Å². The Morgan fingerprint density at radius 1 is 1.04 bits per heavy atom. The van der Waals surface area contributed by atoms with Crippen LogP contribution in [0.3, 0.4) is 0 Å². The number of fused-ring (bicyclic) bond motifs is 1. The van der Waals surface area contributed by atoms with Gasteiger partial charge in [0.25, 0.3) is 11.8 Å². The molecule has 3 aromatic rings. The number of methoxy groups -OCH3 is 1. The number of nitrogens with one attached hydrogen (secondary N) is 2. The number of ketones is 1. The molecule has 2 N–H and O–H groups in total. The van der Waals surface area contributed by atoms with Gasteiger partial charge in [0.15, 0.2) is 0 Å². The van der Waals surface area contributed by atoms with Gasteiger partial charge in [-0.3, -0.25) is 29.0 Å². The molecular formula is C39H48N4O6S. The standard InChI is InChI=1S/C39H48N4O6S/c1-7-27(8-2)43(32(45)18-19-38(3,4)37(48)49-6)23-24-12-11-13-25(20-24)34(46)42-36-33(28-14-9-10-15-29(28)50-36)35(47)41-26-16-17-30(40-22-26)39(5)21-31(39)44/h11-13,16-17,20,22,27H,7-10,14-15,18-19,21,23H2,1-6H3,(H,41,47)(H,42,46). The Kier molecular flexibility index (Phi) is 11.2. The van der Waals surface area contributed by atoms with E-state index in [2.05, 4.69) is 15.6 Å². The Labute approximate surface area is 298 Å². The lowest BCUT2D eigenvalue weighted by Gasteiger charge is -2.32. The van der Waals surface area contributed by atoms with Crippen LogP contribution >= 0.6 is 11.3 Å². The van der Waals surface area contributed by atoms with Crippen molar-refractivity contribution in [3.8, 4) is 0 Å². The molecule has 1 aromatic carbocycles. The number of nitrogens with zero attached hydrogens (tertiary/aromatic N) is 2. The third kappa shape index (κ3) is 7.98. The number of aryl methyl sites for hydroxylation is 1. The summed E-state index contributed by atoms with van der Waals surface area (Å²) in [6.07, 6.45) is 7.76. The number of thiophene rings is 1. The van der Waals surface area contributed by atoms with Crippen LogP contribution in [0.15, 0.2) is 42.6 Å². The van der Waals surface area contributed by atoms with Crippen LogP contribution in [0.2, 0.25) is 0 Å². The van der Waals surface area contributed by atoms with E-state index in [1.807, 2.05) is 31.7 Å². The van der Waals surface area contributed by atoms with E-state index in [4.69, 9.17) is 4.74 Å². The number of rotatable bonds is 14. The first-order chi connectivity index (χ1) is 23.8. The summed E-state index contributed by atoms with van der Waals surface area (Å²) in [6.45, 7) is 9.86. The minimum absolute atomic E-state index is 0.00502. The number of Topliss-reactive ketones (excluding diaryl/α,β-unsaturated/α-hetero) is 1. The van der Waals surface area contributed by atoms with Gasteiger partial charge in [0.2, 0.25) is 5.91 Å². The van der Waals surface area contributed by atoms with Crippen LogP contribution in [0.4, 0.5) is 10.7 Å². The highest BCUT2D eigenvalue weighted by Crippen LogP contribution is 2.43. The van der Waals surface area contributed by atoms with Crippen molar-refractivity contribution < 1.29 is 28.7 Å². The van der Waals surface area contributed by atoms with Crippen molar-refractivity contribution in [2.24, 2.45) is 5.41 Å². The highest BCUT2D eigenvalue weighted by molar-refractivity contribution is 7.17. The van der Waals surface area contributed by atoms with Crippen LogP contribution in [-0.2, 0) is 43.9 Å². The molecule has 0 spiro atoms. The Morgan fingerprint density at radius 2 is 1.76 bits per heavy atom. The van der Waals surface area contributed by atoms with Gasteiger partial charge in [-0.2, -0.15) is 0 Å². The summed E-state index contributed by atoms with van der Waals surface area (Å²) >= 11 is 1.45. The lowest BCUT2D eigenvalue weighted by molar-refractivity contribution is -0.151.